The predicted molar refractivity (Wildman–Crippen MR) is 104 cm³/mol. The quantitative estimate of drug-likeness (QED) is 0.570. The number of para-hydroxylation sites is 1. The highest BCUT2D eigenvalue weighted by Gasteiger charge is 2.17. The molecule has 0 aliphatic carbocycles. The van der Waals surface area contributed by atoms with Crippen LogP contribution in [0.25, 0.3) is 0 Å². The van der Waals surface area contributed by atoms with E-state index in [4.69, 9.17) is 9.47 Å². The number of halogens is 1. The lowest BCUT2D eigenvalue weighted by molar-refractivity contribution is -0.133. The monoisotopic (exact) mass is 394 g/mol. The fraction of sp³-hybridized carbons (Fsp3) is 0.136. The van der Waals surface area contributed by atoms with E-state index in [9.17, 15) is 14.0 Å². The number of amides is 1. The number of carbonyl (C=O) groups excluding carboxylic acids is 2. The highest BCUT2D eigenvalue weighted by Crippen LogP contribution is 2.25. The summed E-state index contributed by atoms with van der Waals surface area (Å²) in [6.07, 6.45) is 3.14. The van der Waals surface area contributed by atoms with Crippen molar-refractivity contribution in [3.8, 4) is 11.5 Å². The van der Waals surface area contributed by atoms with Gasteiger partial charge in [0.15, 0.2) is 6.61 Å². The molecule has 1 aromatic heterocycles. The van der Waals surface area contributed by atoms with Gasteiger partial charge in [-0.1, -0.05) is 24.3 Å². The molecule has 0 spiro atoms. The molecule has 0 saturated carbocycles. The molecule has 6 nitrogen and oxygen atoms in total. The molecule has 0 fully saturated rings. The zero-order valence-electron chi connectivity index (χ0n) is 15.7. The van der Waals surface area contributed by atoms with E-state index in [2.05, 4.69) is 4.98 Å². The van der Waals surface area contributed by atoms with E-state index < -0.39 is 12.6 Å². The molecular formula is C22H19FN2O4. The zero-order chi connectivity index (χ0) is 20.6. The molecule has 3 rings (SSSR count). The highest BCUT2D eigenvalue weighted by atomic mass is 19.1. The van der Waals surface area contributed by atoms with Crippen molar-refractivity contribution in [2.45, 2.75) is 6.54 Å². The van der Waals surface area contributed by atoms with Crippen molar-refractivity contribution >= 4 is 11.9 Å². The lowest BCUT2D eigenvalue weighted by Crippen LogP contribution is -2.30. The zero-order valence-corrected chi connectivity index (χ0v) is 15.7. The first-order chi connectivity index (χ1) is 14.0. The number of nitrogens with zero attached hydrogens (tertiary/aromatic N) is 2. The smallest absolute Gasteiger partial charge is 0.342 e. The summed E-state index contributed by atoms with van der Waals surface area (Å²) in [7, 11) is 1.58. The van der Waals surface area contributed by atoms with Crippen LogP contribution in [0.4, 0.5) is 4.39 Å². The standard InChI is InChI=1S/C22H19FN2O4/c1-25(14-16-8-10-17(23)11-9-16)21(26)15-28-22(27)19-6-2-3-7-20(19)29-18-5-4-12-24-13-18/h2-13H,14-15H2,1H3. The molecule has 2 aromatic carbocycles. The van der Waals surface area contributed by atoms with Crippen LogP contribution in [0.3, 0.4) is 0 Å². The topological polar surface area (TPSA) is 68.7 Å². The maximum Gasteiger partial charge on any atom is 0.342 e. The average molecular weight is 394 g/mol. The second-order valence-corrected chi connectivity index (χ2v) is 6.24. The van der Waals surface area contributed by atoms with Crippen molar-refractivity contribution in [1.82, 2.24) is 9.88 Å². The lowest BCUT2D eigenvalue weighted by atomic mass is 10.2. The first-order valence-electron chi connectivity index (χ1n) is 8.85. The molecule has 0 bridgehead atoms. The SMILES string of the molecule is CN(Cc1ccc(F)cc1)C(=O)COC(=O)c1ccccc1Oc1cccnc1. The number of benzene rings is 2. The summed E-state index contributed by atoms with van der Waals surface area (Å²) in [5.41, 5.74) is 0.967. The Morgan fingerprint density at radius 2 is 1.79 bits per heavy atom. The van der Waals surface area contributed by atoms with Crippen LogP contribution >= 0.6 is 0 Å². The molecule has 0 saturated heterocycles. The Hall–Kier alpha value is -3.74. The van der Waals surface area contributed by atoms with Crippen molar-refractivity contribution in [3.63, 3.8) is 0 Å². The maximum atomic E-state index is 13.0. The Morgan fingerprint density at radius 3 is 2.52 bits per heavy atom. The Bertz CT molecular complexity index is 978. The summed E-state index contributed by atoms with van der Waals surface area (Å²) in [6, 6.07) is 15.9. The van der Waals surface area contributed by atoms with E-state index in [1.165, 1.54) is 23.2 Å². The third kappa shape index (κ3) is 5.62. The molecule has 0 atom stereocenters. The average Bonchev–Trinajstić information content (AvgIpc) is 2.74. The van der Waals surface area contributed by atoms with Crippen LogP contribution in [-0.2, 0) is 16.1 Å². The first kappa shape index (κ1) is 20.0. The summed E-state index contributed by atoms with van der Waals surface area (Å²) >= 11 is 0. The molecule has 1 heterocycles. The minimum absolute atomic E-state index is 0.199. The van der Waals surface area contributed by atoms with Gasteiger partial charge in [0.1, 0.15) is 22.9 Å². The van der Waals surface area contributed by atoms with Gasteiger partial charge in [-0.3, -0.25) is 9.78 Å². The second kappa shape index (κ2) is 9.45. The number of ether oxygens (including phenoxy) is 2. The summed E-state index contributed by atoms with van der Waals surface area (Å²) in [6.45, 7) is -0.144. The number of carbonyl (C=O) groups is 2. The van der Waals surface area contributed by atoms with Gasteiger partial charge in [0.25, 0.3) is 5.91 Å². The van der Waals surface area contributed by atoms with Crippen LogP contribution in [0.2, 0.25) is 0 Å². The van der Waals surface area contributed by atoms with Crippen molar-refractivity contribution < 1.29 is 23.5 Å². The van der Waals surface area contributed by atoms with Crippen molar-refractivity contribution in [2.24, 2.45) is 0 Å². The number of aromatic nitrogens is 1. The fourth-order valence-electron chi connectivity index (χ4n) is 2.53. The molecule has 3 aromatic rings. The van der Waals surface area contributed by atoms with E-state index in [-0.39, 0.29) is 23.8 Å². The first-order valence-corrected chi connectivity index (χ1v) is 8.85. The molecule has 0 aliphatic rings. The van der Waals surface area contributed by atoms with Gasteiger partial charge in [-0.05, 0) is 42.0 Å². The number of likely N-dealkylation sites (N-methyl/N-ethyl adjacent to an activating group) is 1. The van der Waals surface area contributed by atoms with Gasteiger partial charge in [0, 0.05) is 19.8 Å². The highest BCUT2D eigenvalue weighted by molar-refractivity contribution is 5.94. The van der Waals surface area contributed by atoms with E-state index >= 15 is 0 Å². The van der Waals surface area contributed by atoms with Gasteiger partial charge >= 0.3 is 5.97 Å². The van der Waals surface area contributed by atoms with Crippen molar-refractivity contribution in [3.05, 3.63) is 90.0 Å². The molecule has 0 aliphatic heterocycles. The number of rotatable bonds is 7. The third-order valence-electron chi connectivity index (χ3n) is 4.05. The summed E-state index contributed by atoms with van der Waals surface area (Å²) in [5.74, 6) is -0.620. The lowest BCUT2D eigenvalue weighted by Gasteiger charge is -2.17. The molecular weight excluding hydrogens is 375 g/mol. The van der Waals surface area contributed by atoms with Gasteiger partial charge in [-0.2, -0.15) is 0 Å². The van der Waals surface area contributed by atoms with Gasteiger partial charge in [0.2, 0.25) is 0 Å². The number of esters is 1. The molecule has 29 heavy (non-hydrogen) atoms. The van der Waals surface area contributed by atoms with Gasteiger partial charge in [-0.25, -0.2) is 9.18 Å². The van der Waals surface area contributed by atoms with E-state index in [1.54, 1.807) is 61.8 Å². The second-order valence-electron chi connectivity index (χ2n) is 6.24. The molecule has 0 radical (unpaired) electrons. The molecule has 0 unspecified atom stereocenters. The Labute approximate surface area is 167 Å². The Morgan fingerprint density at radius 1 is 1.03 bits per heavy atom. The normalized spacial score (nSPS) is 10.3. The minimum Gasteiger partial charge on any atom is -0.455 e. The van der Waals surface area contributed by atoms with Crippen LogP contribution in [-0.4, -0.2) is 35.4 Å². The van der Waals surface area contributed by atoms with Crippen LogP contribution < -0.4 is 4.74 Å². The Kier molecular flexibility index (Phi) is 6.52. The van der Waals surface area contributed by atoms with Crippen LogP contribution in [0.1, 0.15) is 15.9 Å². The number of hydrogen-bond acceptors (Lipinski definition) is 5. The van der Waals surface area contributed by atoms with Gasteiger partial charge < -0.3 is 14.4 Å². The molecule has 148 valence electrons. The summed E-state index contributed by atoms with van der Waals surface area (Å²) in [4.78, 5) is 30.1. The molecule has 7 heteroatoms. The van der Waals surface area contributed by atoms with Gasteiger partial charge in [-0.15, -0.1) is 0 Å². The molecule has 0 N–H and O–H groups in total. The summed E-state index contributed by atoms with van der Waals surface area (Å²) in [5, 5.41) is 0. The predicted octanol–water partition coefficient (Wildman–Crippen LogP) is 3.83. The fourth-order valence-corrected chi connectivity index (χ4v) is 2.53. The summed E-state index contributed by atoms with van der Waals surface area (Å²) < 4.78 is 23.8. The number of hydrogen-bond donors (Lipinski definition) is 0. The minimum atomic E-state index is -0.673. The third-order valence-corrected chi connectivity index (χ3v) is 4.05. The van der Waals surface area contributed by atoms with E-state index in [0.717, 1.165) is 5.56 Å². The largest absolute Gasteiger partial charge is 0.455 e. The van der Waals surface area contributed by atoms with Crippen molar-refractivity contribution in [1.29, 1.82) is 0 Å². The maximum absolute atomic E-state index is 13.0. The van der Waals surface area contributed by atoms with Crippen LogP contribution in [0.5, 0.6) is 11.5 Å². The van der Waals surface area contributed by atoms with Crippen LogP contribution in [0.15, 0.2) is 73.1 Å². The van der Waals surface area contributed by atoms with E-state index in [1.807, 2.05) is 0 Å². The number of pyridine rings is 1. The van der Waals surface area contributed by atoms with Crippen LogP contribution in [0, 0.1) is 5.82 Å². The van der Waals surface area contributed by atoms with Gasteiger partial charge in [0.05, 0.1) is 6.20 Å². The van der Waals surface area contributed by atoms with Crippen molar-refractivity contribution in [2.75, 3.05) is 13.7 Å². The van der Waals surface area contributed by atoms with E-state index in [0.29, 0.717) is 11.5 Å². The Balaban J connectivity index is 1.59. The molecule has 1 amide bonds.